The molecule has 0 amide bonds. The second kappa shape index (κ2) is 6.11. The summed E-state index contributed by atoms with van der Waals surface area (Å²) >= 11 is 0. The van der Waals surface area contributed by atoms with Crippen molar-refractivity contribution in [3.63, 3.8) is 0 Å². The summed E-state index contributed by atoms with van der Waals surface area (Å²) in [6.45, 7) is 4.92. The van der Waals surface area contributed by atoms with Crippen molar-refractivity contribution < 1.29 is 14.0 Å². The van der Waals surface area contributed by atoms with Crippen molar-refractivity contribution in [1.29, 1.82) is 0 Å². The molecular weight excluding hydrogens is 272 g/mol. The van der Waals surface area contributed by atoms with Gasteiger partial charge >= 0.3 is 0 Å². The van der Waals surface area contributed by atoms with E-state index >= 15 is 0 Å². The van der Waals surface area contributed by atoms with Gasteiger partial charge in [0.25, 0.3) is 0 Å². The molecule has 21 heavy (non-hydrogen) atoms. The molecule has 0 radical (unpaired) electrons. The van der Waals surface area contributed by atoms with Crippen LogP contribution in [0.5, 0.6) is 11.5 Å². The van der Waals surface area contributed by atoms with E-state index in [1.807, 2.05) is 18.2 Å². The van der Waals surface area contributed by atoms with Gasteiger partial charge in [-0.1, -0.05) is 18.1 Å². The third kappa shape index (κ3) is 3.14. The van der Waals surface area contributed by atoms with Gasteiger partial charge in [0.1, 0.15) is 0 Å². The first-order valence-electron chi connectivity index (χ1n) is 6.91. The summed E-state index contributed by atoms with van der Waals surface area (Å²) in [6.07, 6.45) is 0. The SMILES string of the molecule is CCN(Cc1ccc2c(c1)OCO2)Cc1noc(CN)n1. The van der Waals surface area contributed by atoms with Crippen LogP contribution in [0, 0.1) is 0 Å². The Morgan fingerprint density at radius 3 is 2.86 bits per heavy atom. The zero-order chi connectivity index (χ0) is 14.7. The molecular formula is C14H18N4O3. The highest BCUT2D eigenvalue weighted by Crippen LogP contribution is 2.32. The number of nitrogens with two attached hydrogens (primary N) is 1. The van der Waals surface area contributed by atoms with Crippen LogP contribution < -0.4 is 15.2 Å². The van der Waals surface area contributed by atoms with E-state index in [0.717, 1.165) is 30.2 Å². The van der Waals surface area contributed by atoms with Crippen molar-refractivity contribution in [2.45, 2.75) is 26.6 Å². The van der Waals surface area contributed by atoms with Gasteiger partial charge in [-0.2, -0.15) is 4.98 Å². The van der Waals surface area contributed by atoms with Crippen molar-refractivity contribution in [1.82, 2.24) is 15.0 Å². The van der Waals surface area contributed by atoms with Crippen LogP contribution in [0.2, 0.25) is 0 Å². The van der Waals surface area contributed by atoms with Crippen molar-refractivity contribution in [2.75, 3.05) is 13.3 Å². The molecule has 0 aliphatic carbocycles. The molecule has 0 atom stereocenters. The summed E-state index contributed by atoms with van der Waals surface area (Å²) in [5.74, 6) is 2.71. The van der Waals surface area contributed by atoms with E-state index in [4.69, 9.17) is 19.7 Å². The highest BCUT2D eigenvalue weighted by molar-refractivity contribution is 5.44. The highest BCUT2D eigenvalue weighted by Gasteiger charge is 2.15. The van der Waals surface area contributed by atoms with Gasteiger partial charge in [0.2, 0.25) is 12.7 Å². The average Bonchev–Trinajstić information content (AvgIpc) is 3.14. The minimum Gasteiger partial charge on any atom is -0.454 e. The molecule has 2 N–H and O–H groups in total. The van der Waals surface area contributed by atoms with Crippen LogP contribution in [0.25, 0.3) is 0 Å². The molecule has 1 aliphatic heterocycles. The third-order valence-corrected chi connectivity index (χ3v) is 3.34. The molecule has 1 aliphatic rings. The molecule has 2 aromatic rings. The number of benzene rings is 1. The van der Waals surface area contributed by atoms with Crippen LogP contribution >= 0.6 is 0 Å². The molecule has 0 unspecified atom stereocenters. The van der Waals surface area contributed by atoms with Gasteiger partial charge in [-0.15, -0.1) is 0 Å². The Labute approximate surface area is 122 Å². The zero-order valence-corrected chi connectivity index (χ0v) is 11.9. The second-order valence-electron chi connectivity index (χ2n) is 4.80. The number of rotatable bonds is 6. The highest BCUT2D eigenvalue weighted by atomic mass is 16.7. The minimum atomic E-state index is 0.265. The Bertz CT molecular complexity index is 614. The summed E-state index contributed by atoms with van der Waals surface area (Å²) in [6, 6.07) is 5.98. The first-order valence-corrected chi connectivity index (χ1v) is 6.91. The predicted octanol–water partition coefficient (Wildman–Crippen LogP) is 1.28. The van der Waals surface area contributed by atoms with Gasteiger partial charge in [0.05, 0.1) is 13.1 Å². The van der Waals surface area contributed by atoms with Crippen molar-refractivity contribution in [2.24, 2.45) is 5.73 Å². The maximum atomic E-state index is 5.47. The van der Waals surface area contributed by atoms with Crippen LogP contribution in [0.15, 0.2) is 22.7 Å². The lowest BCUT2D eigenvalue weighted by Crippen LogP contribution is -2.23. The standard InChI is InChI=1S/C14H18N4O3/c1-2-18(8-13-16-14(6-15)21-17-13)7-10-3-4-11-12(5-10)20-9-19-11/h3-5H,2,6-9,15H2,1H3. The van der Waals surface area contributed by atoms with E-state index in [1.54, 1.807) is 0 Å². The molecule has 112 valence electrons. The molecule has 3 rings (SSSR count). The van der Waals surface area contributed by atoms with Crippen molar-refractivity contribution in [3.8, 4) is 11.5 Å². The number of nitrogens with zero attached hydrogens (tertiary/aromatic N) is 3. The number of hydrogen-bond acceptors (Lipinski definition) is 7. The van der Waals surface area contributed by atoms with E-state index < -0.39 is 0 Å². The molecule has 7 heteroatoms. The maximum Gasteiger partial charge on any atom is 0.240 e. The largest absolute Gasteiger partial charge is 0.454 e. The topological polar surface area (TPSA) is 86.6 Å². The fourth-order valence-corrected chi connectivity index (χ4v) is 2.21. The van der Waals surface area contributed by atoms with Crippen LogP contribution in [0.4, 0.5) is 0 Å². The molecule has 0 bridgehead atoms. The summed E-state index contributed by atoms with van der Waals surface area (Å²) in [7, 11) is 0. The minimum absolute atomic E-state index is 0.265. The number of ether oxygens (including phenoxy) is 2. The summed E-state index contributed by atoms with van der Waals surface area (Å²) in [5, 5.41) is 3.92. The van der Waals surface area contributed by atoms with Crippen LogP contribution in [0.3, 0.4) is 0 Å². The number of hydrogen-bond donors (Lipinski definition) is 1. The first-order chi connectivity index (χ1) is 10.3. The Hall–Kier alpha value is -2.12. The summed E-state index contributed by atoms with van der Waals surface area (Å²) < 4.78 is 15.7. The molecule has 1 aromatic heterocycles. The van der Waals surface area contributed by atoms with Gasteiger partial charge in [0.15, 0.2) is 17.3 Å². The Morgan fingerprint density at radius 2 is 2.10 bits per heavy atom. The predicted molar refractivity (Wildman–Crippen MR) is 74.5 cm³/mol. The first kappa shape index (κ1) is 13.8. The monoisotopic (exact) mass is 290 g/mol. The fraction of sp³-hybridized carbons (Fsp3) is 0.429. The molecule has 0 saturated heterocycles. The van der Waals surface area contributed by atoms with Crippen LogP contribution in [0.1, 0.15) is 24.2 Å². The van der Waals surface area contributed by atoms with Crippen molar-refractivity contribution >= 4 is 0 Å². The maximum absolute atomic E-state index is 5.47. The van der Waals surface area contributed by atoms with E-state index in [-0.39, 0.29) is 6.54 Å². The molecule has 0 fully saturated rings. The van der Waals surface area contributed by atoms with Gasteiger partial charge in [0, 0.05) is 6.54 Å². The molecule has 7 nitrogen and oxygen atoms in total. The quantitative estimate of drug-likeness (QED) is 0.857. The van der Waals surface area contributed by atoms with Crippen LogP contribution in [-0.4, -0.2) is 28.4 Å². The van der Waals surface area contributed by atoms with Gasteiger partial charge in [-0.05, 0) is 24.2 Å². The summed E-state index contributed by atoms with van der Waals surface area (Å²) in [5.41, 5.74) is 6.62. The Balaban J connectivity index is 1.66. The van der Waals surface area contributed by atoms with E-state index in [1.165, 1.54) is 0 Å². The van der Waals surface area contributed by atoms with E-state index in [2.05, 4.69) is 22.0 Å². The van der Waals surface area contributed by atoms with E-state index in [9.17, 15) is 0 Å². The lowest BCUT2D eigenvalue weighted by Gasteiger charge is -2.18. The Kier molecular flexibility index (Phi) is 4.03. The number of fused-ring (bicyclic) bond motifs is 1. The lowest BCUT2D eigenvalue weighted by molar-refractivity contribution is 0.174. The lowest BCUT2D eigenvalue weighted by atomic mass is 10.2. The Morgan fingerprint density at radius 1 is 1.24 bits per heavy atom. The molecule has 1 aromatic carbocycles. The second-order valence-corrected chi connectivity index (χ2v) is 4.80. The van der Waals surface area contributed by atoms with Gasteiger partial charge in [-0.3, -0.25) is 4.90 Å². The third-order valence-electron chi connectivity index (χ3n) is 3.34. The summed E-state index contributed by atoms with van der Waals surface area (Å²) in [4.78, 5) is 6.44. The zero-order valence-electron chi connectivity index (χ0n) is 11.9. The smallest absolute Gasteiger partial charge is 0.240 e. The molecule has 0 spiro atoms. The van der Waals surface area contributed by atoms with Crippen LogP contribution in [-0.2, 0) is 19.6 Å². The number of aromatic nitrogens is 2. The van der Waals surface area contributed by atoms with Gasteiger partial charge in [-0.25, -0.2) is 0 Å². The van der Waals surface area contributed by atoms with Crippen molar-refractivity contribution in [3.05, 3.63) is 35.5 Å². The molecule has 2 heterocycles. The fourth-order valence-electron chi connectivity index (χ4n) is 2.21. The average molecular weight is 290 g/mol. The van der Waals surface area contributed by atoms with Gasteiger partial charge < -0.3 is 19.7 Å². The molecule has 0 saturated carbocycles. The van der Waals surface area contributed by atoms with E-state index in [0.29, 0.717) is 25.1 Å². The normalized spacial score (nSPS) is 13.1.